The van der Waals surface area contributed by atoms with Crippen LogP contribution in [0.25, 0.3) is 0 Å². The molecule has 0 N–H and O–H groups in total. The summed E-state index contributed by atoms with van der Waals surface area (Å²) in [5.74, 6) is 0.294. The van der Waals surface area contributed by atoms with Crippen LogP contribution >= 0.6 is 11.8 Å². The topological polar surface area (TPSA) is 74.6 Å². The van der Waals surface area contributed by atoms with Crippen molar-refractivity contribution in [2.45, 2.75) is 11.6 Å². The first kappa shape index (κ1) is 16.3. The van der Waals surface area contributed by atoms with Gasteiger partial charge in [-0.15, -0.1) is 11.8 Å². The predicted molar refractivity (Wildman–Crippen MR) is 89.2 cm³/mol. The summed E-state index contributed by atoms with van der Waals surface area (Å²) in [7, 11) is 2.77. The molecule has 1 aliphatic rings. The summed E-state index contributed by atoms with van der Waals surface area (Å²) in [6, 6.07) is 7.78. The SMILES string of the molecule is COC(=O)c1cc(=O)n2c(c1C(=O)c1ccc(OC)cc1)SCC2. The van der Waals surface area contributed by atoms with Crippen LogP contribution in [0, 0.1) is 0 Å². The van der Waals surface area contributed by atoms with Gasteiger partial charge in [-0.3, -0.25) is 9.59 Å². The van der Waals surface area contributed by atoms with Crippen LogP contribution < -0.4 is 10.3 Å². The smallest absolute Gasteiger partial charge is 0.338 e. The Morgan fingerprint density at radius 1 is 1.17 bits per heavy atom. The minimum atomic E-state index is -0.695. The Labute approximate surface area is 142 Å². The molecule has 3 rings (SSSR count). The van der Waals surface area contributed by atoms with Crippen LogP contribution in [0.1, 0.15) is 26.3 Å². The lowest BCUT2D eigenvalue weighted by Gasteiger charge is -2.13. The van der Waals surface area contributed by atoms with Crippen molar-refractivity contribution >= 4 is 23.5 Å². The van der Waals surface area contributed by atoms with Crippen molar-refractivity contribution in [2.24, 2.45) is 0 Å². The summed E-state index contributed by atoms with van der Waals surface area (Å²) in [6.45, 7) is 0.517. The molecule has 0 saturated carbocycles. The van der Waals surface area contributed by atoms with Crippen molar-refractivity contribution in [2.75, 3.05) is 20.0 Å². The van der Waals surface area contributed by atoms with Crippen LogP contribution in [-0.2, 0) is 11.3 Å². The Kier molecular flexibility index (Phi) is 4.44. The molecule has 0 radical (unpaired) electrons. The lowest BCUT2D eigenvalue weighted by molar-refractivity contribution is 0.0596. The molecule has 0 aliphatic carbocycles. The highest BCUT2D eigenvalue weighted by atomic mass is 32.2. The van der Waals surface area contributed by atoms with E-state index in [0.29, 0.717) is 28.6 Å². The summed E-state index contributed by atoms with van der Waals surface area (Å²) < 4.78 is 11.4. The van der Waals surface area contributed by atoms with Crippen molar-refractivity contribution in [3.05, 3.63) is 57.4 Å². The molecule has 0 amide bonds. The van der Waals surface area contributed by atoms with Crippen LogP contribution in [0.4, 0.5) is 0 Å². The number of carbonyl (C=O) groups is 2. The summed E-state index contributed by atoms with van der Waals surface area (Å²) in [4.78, 5) is 37.2. The number of esters is 1. The van der Waals surface area contributed by atoms with Gasteiger partial charge in [-0.1, -0.05) is 0 Å². The van der Waals surface area contributed by atoms with Gasteiger partial charge in [0.05, 0.1) is 30.4 Å². The molecule has 0 spiro atoms. The van der Waals surface area contributed by atoms with Crippen molar-refractivity contribution in [1.82, 2.24) is 4.57 Å². The van der Waals surface area contributed by atoms with Gasteiger partial charge < -0.3 is 14.0 Å². The number of ketones is 1. The molecule has 1 aromatic carbocycles. The Balaban J connectivity index is 2.18. The fourth-order valence-corrected chi connectivity index (χ4v) is 3.75. The van der Waals surface area contributed by atoms with Crippen LogP contribution in [-0.4, -0.2) is 36.3 Å². The Morgan fingerprint density at radius 3 is 2.50 bits per heavy atom. The third-order valence-electron chi connectivity index (χ3n) is 3.80. The van der Waals surface area contributed by atoms with E-state index in [1.54, 1.807) is 31.4 Å². The van der Waals surface area contributed by atoms with E-state index >= 15 is 0 Å². The molecule has 2 heterocycles. The number of carbonyl (C=O) groups excluding carboxylic acids is 2. The third kappa shape index (κ3) is 2.71. The lowest BCUT2D eigenvalue weighted by Crippen LogP contribution is -2.25. The molecule has 0 atom stereocenters. The molecule has 2 aromatic rings. The number of benzene rings is 1. The highest BCUT2D eigenvalue weighted by Gasteiger charge is 2.29. The van der Waals surface area contributed by atoms with Gasteiger partial charge in [0.25, 0.3) is 5.56 Å². The lowest BCUT2D eigenvalue weighted by atomic mass is 10.00. The van der Waals surface area contributed by atoms with Gasteiger partial charge >= 0.3 is 5.97 Å². The highest BCUT2D eigenvalue weighted by Crippen LogP contribution is 2.31. The molecule has 24 heavy (non-hydrogen) atoms. The van der Waals surface area contributed by atoms with E-state index in [1.165, 1.54) is 29.5 Å². The highest BCUT2D eigenvalue weighted by molar-refractivity contribution is 7.99. The van der Waals surface area contributed by atoms with Crippen molar-refractivity contribution in [3.8, 4) is 5.75 Å². The zero-order valence-corrected chi connectivity index (χ0v) is 14.0. The van der Waals surface area contributed by atoms with Crippen LogP contribution in [0.3, 0.4) is 0 Å². The maximum absolute atomic E-state index is 13.0. The minimum absolute atomic E-state index is 0.00367. The van der Waals surface area contributed by atoms with Crippen molar-refractivity contribution < 1.29 is 19.1 Å². The number of thioether (sulfide) groups is 1. The largest absolute Gasteiger partial charge is 0.497 e. The van der Waals surface area contributed by atoms with E-state index in [9.17, 15) is 14.4 Å². The average Bonchev–Trinajstić information content (AvgIpc) is 3.10. The molecule has 1 aliphatic heterocycles. The summed E-state index contributed by atoms with van der Waals surface area (Å²) in [5, 5.41) is 0.517. The molecule has 0 saturated heterocycles. The van der Waals surface area contributed by atoms with E-state index in [1.807, 2.05) is 0 Å². The van der Waals surface area contributed by atoms with Gasteiger partial charge in [-0.2, -0.15) is 0 Å². The first-order valence-electron chi connectivity index (χ1n) is 7.24. The number of rotatable bonds is 4. The number of nitrogens with zero attached hydrogens (tertiary/aromatic N) is 1. The van der Waals surface area contributed by atoms with Gasteiger partial charge in [0, 0.05) is 23.9 Å². The summed E-state index contributed by atoms with van der Waals surface area (Å²) in [5.41, 5.74) is 0.328. The van der Waals surface area contributed by atoms with Crippen molar-refractivity contribution in [3.63, 3.8) is 0 Å². The predicted octanol–water partition coefficient (Wildman–Crippen LogP) is 1.98. The monoisotopic (exact) mass is 345 g/mol. The molecule has 124 valence electrons. The zero-order chi connectivity index (χ0) is 17.3. The summed E-state index contributed by atoms with van der Waals surface area (Å²) in [6.07, 6.45) is 0. The van der Waals surface area contributed by atoms with E-state index in [2.05, 4.69) is 0 Å². The molecule has 7 heteroatoms. The second kappa shape index (κ2) is 6.52. The second-order valence-electron chi connectivity index (χ2n) is 5.13. The minimum Gasteiger partial charge on any atom is -0.497 e. The third-order valence-corrected chi connectivity index (χ3v) is 4.89. The maximum Gasteiger partial charge on any atom is 0.338 e. The average molecular weight is 345 g/mol. The van der Waals surface area contributed by atoms with Crippen LogP contribution in [0.5, 0.6) is 5.75 Å². The van der Waals surface area contributed by atoms with E-state index < -0.39 is 5.97 Å². The molecule has 1 aromatic heterocycles. The van der Waals surface area contributed by atoms with Crippen molar-refractivity contribution in [1.29, 1.82) is 0 Å². The van der Waals surface area contributed by atoms with Gasteiger partial charge in [0.2, 0.25) is 0 Å². The quantitative estimate of drug-likeness (QED) is 0.623. The first-order valence-corrected chi connectivity index (χ1v) is 8.23. The number of hydrogen-bond acceptors (Lipinski definition) is 6. The first-order chi connectivity index (χ1) is 11.6. The number of aromatic nitrogens is 1. The number of fused-ring (bicyclic) bond motifs is 1. The fraction of sp³-hybridized carbons (Fsp3) is 0.235. The van der Waals surface area contributed by atoms with Gasteiger partial charge in [0.15, 0.2) is 5.78 Å². The van der Waals surface area contributed by atoms with Gasteiger partial charge in [-0.25, -0.2) is 4.79 Å². The maximum atomic E-state index is 13.0. The molecule has 0 bridgehead atoms. The van der Waals surface area contributed by atoms with Crippen LogP contribution in [0.15, 0.2) is 40.2 Å². The standard InChI is InChI=1S/C17H15NO5S/c1-22-11-5-3-10(4-6-11)15(20)14-12(17(21)23-2)9-13(19)18-7-8-24-16(14)18/h3-6,9H,7-8H2,1-2H3. The number of pyridine rings is 1. The van der Waals surface area contributed by atoms with Gasteiger partial charge in [0.1, 0.15) is 5.75 Å². The van der Waals surface area contributed by atoms with E-state index in [4.69, 9.17) is 9.47 Å². The van der Waals surface area contributed by atoms with Gasteiger partial charge in [-0.05, 0) is 24.3 Å². The Bertz CT molecular complexity index is 870. The number of ether oxygens (including phenoxy) is 2. The Morgan fingerprint density at radius 2 is 1.88 bits per heavy atom. The zero-order valence-electron chi connectivity index (χ0n) is 13.2. The Hall–Kier alpha value is -2.54. The number of hydrogen-bond donors (Lipinski definition) is 0. The van der Waals surface area contributed by atoms with E-state index in [0.717, 1.165) is 0 Å². The molecule has 0 unspecified atom stereocenters. The fourth-order valence-electron chi connectivity index (χ4n) is 2.60. The summed E-state index contributed by atoms with van der Waals surface area (Å²) >= 11 is 1.39. The number of methoxy groups -OCH3 is 2. The second-order valence-corrected chi connectivity index (χ2v) is 6.21. The molecule has 0 fully saturated rings. The molecular formula is C17H15NO5S. The normalized spacial score (nSPS) is 12.6. The molecular weight excluding hydrogens is 330 g/mol. The van der Waals surface area contributed by atoms with E-state index in [-0.39, 0.29) is 22.5 Å². The molecule has 6 nitrogen and oxygen atoms in total. The van der Waals surface area contributed by atoms with Crippen LogP contribution in [0.2, 0.25) is 0 Å².